The minimum atomic E-state index is 0.116. The number of methoxy groups -OCH3 is 1. The van der Waals surface area contributed by atoms with Crippen LogP contribution >= 0.6 is 0 Å². The third kappa shape index (κ3) is 3.82. The van der Waals surface area contributed by atoms with Crippen molar-refractivity contribution in [2.24, 2.45) is 12.5 Å². The third-order valence-corrected chi connectivity index (χ3v) is 3.06. The molecule has 2 atom stereocenters. The van der Waals surface area contributed by atoms with Gasteiger partial charge in [0.25, 0.3) is 0 Å². The smallest absolute Gasteiger partial charge is 0.0775 e. The molecule has 0 aromatic carbocycles. The van der Waals surface area contributed by atoms with Crippen LogP contribution in [0, 0.1) is 5.41 Å². The zero-order valence-electron chi connectivity index (χ0n) is 11.8. The second kappa shape index (κ2) is 5.65. The SMILES string of the molecule is CNC(Cc1cnn(C)c1)C(OC)C(C)(C)C. The van der Waals surface area contributed by atoms with Crippen molar-refractivity contribution >= 4 is 0 Å². The standard InChI is InChI=1S/C13H25N3O/c1-13(2,3)12(17-6)11(14-4)7-10-8-15-16(5)9-10/h8-9,11-12,14H,7H2,1-6H3. The molecule has 17 heavy (non-hydrogen) atoms. The Hall–Kier alpha value is -0.870. The van der Waals surface area contributed by atoms with Gasteiger partial charge in [0.1, 0.15) is 0 Å². The number of ether oxygens (including phenoxy) is 1. The summed E-state index contributed by atoms with van der Waals surface area (Å²) in [4.78, 5) is 0. The van der Waals surface area contributed by atoms with Gasteiger partial charge in [-0.3, -0.25) is 4.68 Å². The average molecular weight is 239 g/mol. The summed E-state index contributed by atoms with van der Waals surface area (Å²) in [5.41, 5.74) is 1.35. The molecule has 0 aliphatic heterocycles. The van der Waals surface area contributed by atoms with E-state index in [0.717, 1.165) is 6.42 Å². The molecule has 0 saturated carbocycles. The Balaban J connectivity index is 2.76. The van der Waals surface area contributed by atoms with Gasteiger partial charge in [0.2, 0.25) is 0 Å². The van der Waals surface area contributed by atoms with Crippen LogP contribution in [0.15, 0.2) is 12.4 Å². The molecule has 0 aliphatic rings. The maximum Gasteiger partial charge on any atom is 0.0775 e. The summed E-state index contributed by atoms with van der Waals surface area (Å²) in [6.07, 6.45) is 5.08. The van der Waals surface area contributed by atoms with Crippen LogP contribution in [0.2, 0.25) is 0 Å². The first-order valence-corrected chi connectivity index (χ1v) is 6.06. The lowest BCUT2D eigenvalue weighted by atomic mass is 9.82. The number of aromatic nitrogens is 2. The number of hydrogen-bond donors (Lipinski definition) is 1. The van der Waals surface area contributed by atoms with Crippen molar-refractivity contribution in [2.45, 2.75) is 39.3 Å². The van der Waals surface area contributed by atoms with Crippen LogP contribution in [0.3, 0.4) is 0 Å². The van der Waals surface area contributed by atoms with Crippen molar-refractivity contribution < 1.29 is 4.74 Å². The monoisotopic (exact) mass is 239 g/mol. The molecular formula is C13H25N3O. The molecule has 1 heterocycles. The zero-order chi connectivity index (χ0) is 13.1. The van der Waals surface area contributed by atoms with E-state index >= 15 is 0 Å². The Morgan fingerprint density at radius 1 is 1.47 bits per heavy atom. The van der Waals surface area contributed by atoms with E-state index in [4.69, 9.17) is 4.74 Å². The molecule has 98 valence electrons. The predicted molar refractivity (Wildman–Crippen MR) is 70.0 cm³/mol. The first-order valence-electron chi connectivity index (χ1n) is 6.06. The summed E-state index contributed by atoms with van der Waals surface area (Å²) in [5, 5.41) is 7.55. The molecule has 0 radical (unpaired) electrons. The van der Waals surface area contributed by atoms with Crippen molar-refractivity contribution in [1.29, 1.82) is 0 Å². The summed E-state index contributed by atoms with van der Waals surface area (Å²) >= 11 is 0. The van der Waals surface area contributed by atoms with Crippen LogP contribution in [0.5, 0.6) is 0 Å². The Morgan fingerprint density at radius 2 is 2.12 bits per heavy atom. The van der Waals surface area contributed by atoms with Crippen molar-refractivity contribution in [1.82, 2.24) is 15.1 Å². The van der Waals surface area contributed by atoms with Gasteiger partial charge in [-0.15, -0.1) is 0 Å². The third-order valence-electron chi connectivity index (χ3n) is 3.06. The van der Waals surface area contributed by atoms with Gasteiger partial charge in [-0.25, -0.2) is 0 Å². The molecule has 4 nitrogen and oxygen atoms in total. The highest BCUT2D eigenvalue weighted by atomic mass is 16.5. The van der Waals surface area contributed by atoms with Gasteiger partial charge in [-0.1, -0.05) is 20.8 Å². The van der Waals surface area contributed by atoms with Crippen molar-refractivity contribution in [3.05, 3.63) is 18.0 Å². The van der Waals surface area contributed by atoms with Crippen molar-refractivity contribution in [2.75, 3.05) is 14.2 Å². The first-order chi connectivity index (χ1) is 7.88. The van der Waals surface area contributed by atoms with Gasteiger partial charge in [0.15, 0.2) is 0 Å². The normalized spacial score (nSPS) is 15.9. The van der Waals surface area contributed by atoms with E-state index in [2.05, 4.69) is 37.4 Å². The Bertz CT molecular complexity index is 341. The highest BCUT2D eigenvalue weighted by Gasteiger charge is 2.31. The lowest BCUT2D eigenvalue weighted by Gasteiger charge is -2.35. The largest absolute Gasteiger partial charge is 0.379 e. The summed E-state index contributed by atoms with van der Waals surface area (Å²) < 4.78 is 7.49. The molecule has 0 bridgehead atoms. The molecule has 0 saturated heterocycles. The number of hydrogen-bond acceptors (Lipinski definition) is 3. The van der Waals surface area contributed by atoms with E-state index in [-0.39, 0.29) is 11.5 Å². The average Bonchev–Trinajstić information content (AvgIpc) is 2.61. The van der Waals surface area contributed by atoms with Crippen LogP contribution in [-0.4, -0.2) is 36.1 Å². The molecular weight excluding hydrogens is 214 g/mol. The summed E-state index contributed by atoms with van der Waals surface area (Å²) in [6, 6.07) is 0.296. The van der Waals surface area contributed by atoms with Crippen molar-refractivity contribution in [3.8, 4) is 0 Å². The second-order valence-electron chi connectivity index (χ2n) is 5.64. The molecule has 4 heteroatoms. The zero-order valence-corrected chi connectivity index (χ0v) is 11.8. The molecule has 0 aliphatic carbocycles. The minimum Gasteiger partial charge on any atom is -0.379 e. The van der Waals surface area contributed by atoms with Crippen LogP contribution < -0.4 is 5.32 Å². The number of nitrogens with one attached hydrogen (secondary N) is 1. The fraction of sp³-hybridized carbons (Fsp3) is 0.769. The van der Waals surface area contributed by atoms with Crippen molar-refractivity contribution in [3.63, 3.8) is 0 Å². The maximum absolute atomic E-state index is 5.66. The predicted octanol–water partition coefficient (Wildman–Crippen LogP) is 1.61. The fourth-order valence-electron chi connectivity index (χ4n) is 2.31. The highest BCUT2D eigenvalue weighted by Crippen LogP contribution is 2.25. The highest BCUT2D eigenvalue weighted by molar-refractivity contribution is 5.07. The molecule has 1 aromatic rings. The lowest BCUT2D eigenvalue weighted by molar-refractivity contribution is -0.00921. The summed E-state index contributed by atoms with van der Waals surface area (Å²) in [7, 11) is 5.71. The Morgan fingerprint density at radius 3 is 2.47 bits per heavy atom. The molecule has 0 spiro atoms. The van der Waals surface area contributed by atoms with E-state index in [9.17, 15) is 0 Å². The van der Waals surface area contributed by atoms with Crippen LogP contribution in [0.4, 0.5) is 0 Å². The second-order valence-corrected chi connectivity index (χ2v) is 5.64. The summed E-state index contributed by atoms with van der Waals surface area (Å²) in [5.74, 6) is 0. The van der Waals surface area contributed by atoms with E-state index in [1.54, 1.807) is 7.11 Å². The lowest BCUT2D eigenvalue weighted by Crippen LogP contribution is -2.47. The molecule has 1 N–H and O–H groups in total. The maximum atomic E-state index is 5.66. The molecule has 0 fully saturated rings. The molecule has 0 amide bonds. The molecule has 2 unspecified atom stereocenters. The fourth-order valence-corrected chi connectivity index (χ4v) is 2.31. The van der Waals surface area contributed by atoms with Crippen LogP contribution in [0.25, 0.3) is 0 Å². The van der Waals surface area contributed by atoms with E-state index in [0.29, 0.717) is 6.04 Å². The number of rotatable bonds is 5. The number of nitrogens with zero attached hydrogens (tertiary/aromatic N) is 2. The molecule has 1 rings (SSSR count). The summed E-state index contributed by atoms with van der Waals surface area (Å²) in [6.45, 7) is 6.61. The van der Waals surface area contributed by atoms with Crippen LogP contribution in [-0.2, 0) is 18.2 Å². The van der Waals surface area contributed by atoms with Gasteiger partial charge < -0.3 is 10.1 Å². The van der Waals surface area contributed by atoms with Gasteiger partial charge in [-0.05, 0) is 24.4 Å². The Kier molecular flexibility index (Phi) is 4.71. The number of aryl methyl sites for hydroxylation is 1. The van der Waals surface area contributed by atoms with E-state index in [1.165, 1.54) is 5.56 Å². The van der Waals surface area contributed by atoms with Gasteiger partial charge >= 0.3 is 0 Å². The topological polar surface area (TPSA) is 39.1 Å². The van der Waals surface area contributed by atoms with E-state index in [1.807, 2.05) is 25.0 Å². The number of likely N-dealkylation sites (N-methyl/N-ethyl adjacent to an activating group) is 1. The van der Waals surface area contributed by atoms with Gasteiger partial charge in [-0.2, -0.15) is 5.10 Å². The van der Waals surface area contributed by atoms with Gasteiger partial charge in [0, 0.05) is 26.4 Å². The van der Waals surface area contributed by atoms with E-state index < -0.39 is 0 Å². The molecule has 1 aromatic heterocycles. The quantitative estimate of drug-likeness (QED) is 0.848. The first kappa shape index (κ1) is 14.2. The Labute approximate surface area is 104 Å². The van der Waals surface area contributed by atoms with Crippen LogP contribution in [0.1, 0.15) is 26.3 Å². The minimum absolute atomic E-state index is 0.116. The van der Waals surface area contributed by atoms with Gasteiger partial charge in [0.05, 0.1) is 12.3 Å².